The van der Waals surface area contributed by atoms with Gasteiger partial charge in [-0.2, -0.15) is 0 Å². The Morgan fingerprint density at radius 3 is 1.91 bits per heavy atom. The second-order valence-corrected chi connectivity index (χ2v) is 13.3. The van der Waals surface area contributed by atoms with E-state index in [1.807, 2.05) is 30.3 Å². The van der Waals surface area contributed by atoms with Gasteiger partial charge in [0.05, 0.1) is 6.16 Å². The van der Waals surface area contributed by atoms with Crippen molar-refractivity contribution in [1.82, 2.24) is 4.90 Å². The molecule has 3 rings (SSSR count). The van der Waals surface area contributed by atoms with Crippen molar-refractivity contribution in [1.29, 1.82) is 0 Å². The lowest BCUT2D eigenvalue weighted by Crippen LogP contribution is -2.50. The SMILES string of the molecule is CCCCCCCCP(=O)(CC(=O)N(C1CCCCC1)C1CCCCC1)c1ccccc1. The van der Waals surface area contributed by atoms with Gasteiger partial charge >= 0.3 is 0 Å². The number of carbonyl (C=O) groups excluding carboxylic acids is 1. The molecule has 1 aromatic carbocycles. The molecular formula is C28H46NO2P. The molecule has 1 amide bonds. The number of nitrogens with zero attached hydrogens (tertiary/aromatic N) is 1. The highest BCUT2D eigenvalue weighted by Gasteiger charge is 2.36. The molecule has 0 aromatic heterocycles. The van der Waals surface area contributed by atoms with Crippen LogP contribution in [0.1, 0.15) is 110 Å². The van der Waals surface area contributed by atoms with E-state index in [1.54, 1.807) is 0 Å². The van der Waals surface area contributed by atoms with Crippen molar-refractivity contribution in [2.75, 3.05) is 12.3 Å². The zero-order valence-corrected chi connectivity index (χ0v) is 21.4. The van der Waals surface area contributed by atoms with Crippen LogP contribution in [-0.4, -0.2) is 35.2 Å². The molecule has 2 fully saturated rings. The second-order valence-electron chi connectivity index (χ2n) is 10.3. The van der Waals surface area contributed by atoms with Crippen molar-refractivity contribution >= 4 is 18.4 Å². The molecule has 0 radical (unpaired) electrons. The number of unbranched alkanes of at least 4 members (excludes halogenated alkanes) is 5. The molecule has 0 bridgehead atoms. The third-order valence-corrected chi connectivity index (χ3v) is 10.8. The maximum atomic E-state index is 14.3. The van der Waals surface area contributed by atoms with Gasteiger partial charge in [0.15, 0.2) is 0 Å². The van der Waals surface area contributed by atoms with E-state index in [0.717, 1.165) is 43.8 Å². The van der Waals surface area contributed by atoms with Crippen molar-refractivity contribution in [3.05, 3.63) is 30.3 Å². The zero-order chi connectivity index (χ0) is 22.7. The summed E-state index contributed by atoms with van der Waals surface area (Å²) in [6.07, 6.45) is 20.1. The molecule has 0 aliphatic heterocycles. The summed E-state index contributed by atoms with van der Waals surface area (Å²) in [6.45, 7) is 2.24. The lowest BCUT2D eigenvalue weighted by molar-refractivity contribution is -0.135. The molecule has 0 heterocycles. The third-order valence-electron chi connectivity index (χ3n) is 7.71. The molecule has 2 aliphatic rings. The summed E-state index contributed by atoms with van der Waals surface area (Å²) in [5, 5.41) is 0.911. The van der Waals surface area contributed by atoms with Crippen molar-refractivity contribution in [3.8, 4) is 0 Å². The van der Waals surface area contributed by atoms with E-state index >= 15 is 0 Å². The van der Waals surface area contributed by atoms with E-state index in [1.165, 1.54) is 64.2 Å². The number of benzene rings is 1. The fourth-order valence-electron chi connectivity index (χ4n) is 5.87. The Bertz CT molecular complexity index is 689. The molecule has 2 saturated carbocycles. The van der Waals surface area contributed by atoms with Crippen LogP contribution in [0.4, 0.5) is 0 Å². The predicted molar refractivity (Wildman–Crippen MR) is 137 cm³/mol. The van der Waals surface area contributed by atoms with Crippen molar-refractivity contribution in [2.45, 2.75) is 122 Å². The Labute approximate surface area is 197 Å². The summed E-state index contributed by atoms with van der Waals surface area (Å²) >= 11 is 0. The van der Waals surface area contributed by atoms with Crippen molar-refractivity contribution < 1.29 is 9.36 Å². The summed E-state index contributed by atoms with van der Waals surface area (Å²) in [6, 6.07) is 10.7. The van der Waals surface area contributed by atoms with Crippen LogP contribution in [0.2, 0.25) is 0 Å². The Balaban J connectivity index is 1.72. The van der Waals surface area contributed by atoms with Crippen LogP contribution in [-0.2, 0) is 9.36 Å². The molecule has 3 nitrogen and oxygen atoms in total. The van der Waals surface area contributed by atoms with Crippen LogP contribution in [0.25, 0.3) is 0 Å². The lowest BCUT2D eigenvalue weighted by atomic mass is 9.88. The van der Waals surface area contributed by atoms with Gasteiger partial charge in [0.25, 0.3) is 0 Å². The van der Waals surface area contributed by atoms with Crippen LogP contribution in [0.15, 0.2) is 30.3 Å². The summed E-state index contributed by atoms with van der Waals surface area (Å²) in [5.74, 6) is 0.182. The van der Waals surface area contributed by atoms with E-state index in [2.05, 4.69) is 11.8 Å². The number of amides is 1. The lowest BCUT2D eigenvalue weighted by Gasteiger charge is -2.42. The minimum absolute atomic E-state index is 0.182. The third kappa shape index (κ3) is 7.47. The number of hydrogen-bond donors (Lipinski definition) is 0. The fraction of sp³-hybridized carbons (Fsp3) is 0.750. The van der Waals surface area contributed by atoms with Gasteiger partial charge < -0.3 is 9.46 Å². The molecule has 180 valence electrons. The second kappa shape index (κ2) is 13.6. The molecule has 0 spiro atoms. The first-order valence-electron chi connectivity index (χ1n) is 13.6. The molecular weight excluding hydrogens is 413 g/mol. The van der Waals surface area contributed by atoms with E-state index in [-0.39, 0.29) is 12.1 Å². The summed E-state index contributed by atoms with van der Waals surface area (Å²) in [4.78, 5) is 16.1. The van der Waals surface area contributed by atoms with E-state index in [4.69, 9.17) is 0 Å². The number of rotatable bonds is 12. The molecule has 1 atom stereocenters. The van der Waals surface area contributed by atoms with Crippen LogP contribution in [0.5, 0.6) is 0 Å². The first-order chi connectivity index (χ1) is 15.6. The van der Waals surface area contributed by atoms with Gasteiger partial charge in [-0.3, -0.25) is 4.79 Å². The minimum atomic E-state index is -2.73. The highest BCUT2D eigenvalue weighted by atomic mass is 31.2. The Kier molecular flexibility index (Phi) is 10.8. The van der Waals surface area contributed by atoms with Gasteiger partial charge in [0.1, 0.15) is 7.14 Å². The average molecular weight is 460 g/mol. The molecule has 0 saturated heterocycles. The average Bonchev–Trinajstić information content (AvgIpc) is 2.83. The monoisotopic (exact) mass is 459 g/mol. The van der Waals surface area contributed by atoms with Gasteiger partial charge in [-0.05, 0) is 32.1 Å². The Morgan fingerprint density at radius 1 is 0.812 bits per heavy atom. The number of carbonyl (C=O) groups is 1. The standard InChI is InChI=1S/C28H46NO2P/c1-2-3-4-5-6-16-23-32(31,27-21-14-9-15-22-27)24-28(30)29(25-17-10-7-11-18-25)26-19-12-8-13-20-26/h9,14-15,21-22,25-26H,2-8,10-13,16-20,23-24H2,1H3. The van der Waals surface area contributed by atoms with Crippen LogP contribution < -0.4 is 5.30 Å². The van der Waals surface area contributed by atoms with Gasteiger partial charge in [-0.25, -0.2) is 0 Å². The smallest absolute Gasteiger partial charge is 0.230 e. The molecule has 2 aliphatic carbocycles. The highest BCUT2D eigenvalue weighted by molar-refractivity contribution is 7.72. The van der Waals surface area contributed by atoms with Gasteiger partial charge in [-0.1, -0.05) is 108 Å². The largest absolute Gasteiger partial charge is 0.336 e. The van der Waals surface area contributed by atoms with Crippen LogP contribution >= 0.6 is 7.14 Å². The molecule has 4 heteroatoms. The van der Waals surface area contributed by atoms with Crippen LogP contribution in [0, 0.1) is 0 Å². The van der Waals surface area contributed by atoms with Gasteiger partial charge in [-0.15, -0.1) is 0 Å². The van der Waals surface area contributed by atoms with E-state index in [0.29, 0.717) is 18.2 Å². The molecule has 1 unspecified atom stereocenters. The Morgan fingerprint density at radius 2 is 1.34 bits per heavy atom. The van der Waals surface area contributed by atoms with Crippen LogP contribution in [0.3, 0.4) is 0 Å². The summed E-state index contributed by atoms with van der Waals surface area (Å²) in [7, 11) is -2.73. The fourth-order valence-corrected chi connectivity index (χ4v) is 8.52. The molecule has 0 N–H and O–H groups in total. The molecule has 1 aromatic rings. The maximum Gasteiger partial charge on any atom is 0.230 e. The van der Waals surface area contributed by atoms with Crippen molar-refractivity contribution in [2.24, 2.45) is 0 Å². The molecule has 32 heavy (non-hydrogen) atoms. The van der Waals surface area contributed by atoms with E-state index in [9.17, 15) is 9.36 Å². The zero-order valence-electron chi connectivity index (χ0n) is 20.5. The normalized spacial score (nSPS) is 20.0. The Hall–Kier alpha value is -1.08. The quantitative estimate of drug-likeness (QED) is 0.239. The summed E-state index contributed by atoms with van der Waals surface area (Å²) < 4.78 is 14.3. The predicted octanol–water partition coefficient (Wildman–Crippen LogP) is 7.53. The van der Waals surface area contributed by atoms with Gasteiger partial charge in [0.2, 0.25) is 5.91 Å². The maximum absolute atomic E-state index is 14.3. The summed E-state index contributed by atoms with van der Waals surface area (Å²) in [5.41, 5.74) is 0. The highest BCUT2D eigenvalue weighted by Crippen LogP contribution is 2.46. The first-order valence-corrected chi connectivity index (χ1v) is 15.7. The van der Waals surface area contributed by atoms with Gasteiger partial charge in [0, 0.05) is 23.6 Å². The first kappa shape index (κ1) is 25.5. The van der Waals surface area contributed by atoms with Crippen molar-refractivity contribution in [3.63, 3.8) is 0 Å². The number of hydrogen-bond acceptors (Lipinski definition) is 2. The topological polar surface area (TPSA) is 37.4 Å². The van der Waals surface area contributed by atoms with E-state index < -0.39 is 7.14 Å². The minimum Gasteiger partial charge on any atom is -0.336 e.